The van der Waals surface area contributed by atoms with Crippen LogP contribution in [0.25, 0.3) is 0 Å². The van der Waals surface area contributed by atoms with Crippen molar-refractivity contribution in [2.45, 2.75) is 13.0 Å². The number of hydrogen-bond donors (Lipinski definition) is 0. The quantitative estimate of drug-likeness (QED) is 0.435. The first-order chi connectivity index (χ1) is 4.04. The maximum atomic E-state index is 2.48. The molecule has 0 amide bonds. The summed E-state index contributed by atoms with van der Waals surface area (Å²) in [7, 11) is 6.73. The van der Waals surface area contributed by atoms with Crippen LogP contribution in [-0.2, 0) is 0 Å². The first-order valence-electron chi connectivity index (χ1n) is 3.35. The molecule has 56 valence electrons. The zero-order valence-electron chi connectivity index (χ0n) is 7.18. The second-order valence-electron chi connectivity index (χ2n) is 3.07. The molecule has 0 rings (SSSR count). The van der Waals surface area contributed by atoms with Gasteiger partial charge in [0.15, 0.2) is 0 Å². The summed E-state index contributed by atoms with van der Waals surface area (Å²) >= 11 is 0. The molecular formula is C5H18N2Si2. The number of likely N-dealkylation sites (N-methyl/N-ethyl adjacent to an activating group) is 1. The van der Waals surface area contributed by atoms with E-state index in [0.29, 0.717) is 0 Å². The molecular weight excluding hydrogens is 144 g/mol. The molecule has 9 heavy (non-hydrogen) atoms. The summed E-state index contributed by atoms with van der Waals surface area (Å²) < 4.78 is 2.48. The number of hydrogen-bond acceptors (Lipinski definition) is 2. The largest absolute Gasteiger partial charge is 0.359 e. The number of rotatable bonds is 3. The highest BCUT2D eigenvalue weighted by molar-refractivity contribution is 6.24. The highest BCUT2D eigenvalue weighted by Crippen LogP contribution is 1.90. The summed E-state index contributed by atoms with van der Waals surface area (Å²) in [5, 5.41) is 0. The highest BCUT2D eigenvalue weighted by Gasteiger charge is 2.03. The molecule has 0 N–H and O–H groups in total. The van der Waals surface area contributed by atoms with Crippen LogP contribution < -0.4 is 0 Å². The van der Waals surface area contributed by atoms with E-state index >= 15 is 0 Å². The Morgan fingerprint density at radius 3 is 1.89 bits per heavy atom. The van der Waals surface area contributed by atoms with E-state index in [1.807, 2.05) is 0 Å². The summed E-state index contributed by atoms with van der Waals surface area (Å²) in [5.41, 5.74) is 0. The molecule has 0 fully saturated rings. The van der Waals surface area contributed by atoms with E-state index in [1.165, 1.54) is 27.4 Å². The average molecular weight is 162 g/mol. The Hall–Kier alpha value is 0.354. The van der Waals surface area contributed by atoms with Crippen LogP contribution in [0.4, 0.5) is 0 Å². The third-order valence-electron chi connectivity index (χ3n) is 1.51. The normalized spacial score (nSPS) is 15.7. The number of nitrogens with zero attached hydrogens (tertiary/aromatic N) is 2. The first kappa shape index (κ1) is 9.35. The molecule has 2 nitrogen and oxygen atoms in total. The molecule has 1 atom stereocenters. The van der Waals surface area contributed by atoms with E-state index in [-0.39, 0.29) is 0 Å². The Kier molecular flexibility index (Phi) is 4.38. The SMILES string of the molecule is CC(CN([SiH3])[SiH3])N(C)C. The van der Waals surface area contributed by atoms with Crippen LogP contribution in [0.15, 0.2) is 0 Å². The van der Waals surface area contributed by atoms with Crippen molar-refractivity contribution in [3.63, 3.8) is 0 Å². The van der Waals surface area contributed by atoms with Crippen LogP contribution in [0.3, 0.4) is 0 Å². The van der Waals surface area contributed by atoms with Crippen molar-refractivity contribution in [3.8, 4) is 0 Å². The lowest BCUT2D eigenvalue weighted by atomic mass is 10.3. The maximum Gasteiger partial charge on any atom is 0.0698 e. The Balaban J connectivity index is 3.38. The minimum atomic E-state index is 0.722. The van der Waals surface area contributed by atoms with Gasteiger partial charge in [-0.3, -0.25) is 0 Å². The molecule has 0 saturated heterocycles. The lowest BCUT2D eigenvalue weighted by Gasteiger charge is -2.23. The van der Waals surface area contributed by atoms with Gasteiger partial charge in [-0.25, -0.2) is 0 Å². The van der Waals surface area contributed by atoms with Crippen molar-refractivity contribution in [1.82, 2.24) is 9.13 Å². The lowest BCUT2D eigenvalue weighted by molar-refractivity contribution is 0.294. The molecule has 0 aromatic rings. The molecule has 0 aliphatic rings. The van der Waals surface area contributed by atoms with Crippen molar-refractivity contribution in [3.05, 3.63) is 0 Å². The van der Waals surface area contributed by atoms with Crippen LogP contribution in [0.5, 0.6) is 0 Å². The van der Waals surface area contributed by atoms with E-state index < -0.39 is 0 Å². The van der Waals surface area contributed by atoms with Gasteiger partial charge in [0.05, 0.1) is 20.8 Å². The molecule has 0 aromatic heterocycles. The smallest absolute Gasteiger partial charge is 0.0698 e. The Bertz CT molecular complexity index is 75.4. The van der Waals surface area contributed by atoms with Gasteiger partial charge in [-0.1, -0.05) is 0 Å². The van der Waals surface area contributed by atoms with Crippen LogP contribution in [0.2, 0.25) is 0 Å². The van der Waals surface area contributed by atoms with E-state index in [4.69, 9.17) is 0 Å². The molecule has 4 heteroatoms. The maximum absolute atomic E-state index is 2.48. The van der Waals surface area contributed by atoms with Crippen molar-refractivity contribution in [1.29, 1.82) is 0 Å². The Morgan fingerprint density at radius 1 is 1.33 bits per heavy atom. The molecule has 0 spiro atoms. The molecule has 0 heterocycles. The fraction of sp³-hybridized carbons (Fsp3) is 1.00. The third-order valence-corrected chi connectivity index (χ3v) is 2.24. The molecule has 0 bridgehead atoms. The van der Waals surface area contributed by atoms with Gasteiger partial charge in [-0.05, 0) is 27.6 Å². The van der Waals surface area contributed by atoms with Gasteiger partial charge < -0.3 is 9.13 Å². The van der Waals surface area contributed by atoms with Crippen molar-refractivity contribution in [2.24, 2.45) is 0 Å². The van der Waals surface area contributed by atoms with Crippen LogP contribution in [-0.4, -0.2) is 56.6 Å². The molecule has 1 unspecified atom stereocenters. The monoisotopic (exact) mass is 162 g/mol. The molecule has 0 aliphatic heterocycles. The summed E-state index contributed by atoms with van der Waals surface area (Å²) in [5.74, 6) is 0. The second-order valence-corrected chi connectivity index (χ2v) is 7.92. The van der Waals surface area contributed by atoms with Gasteiger partial charge in [0, 0.05) is 6.04 Å². The predicted molar refractivity (Wildman–Crippen MR) is 49.7 cm³/mol. The molecule has 0 aromatic carbocycles. The van der Waals surface area contributed by atoms with Crippen molar-refractivity contribution < 1.29 is 0 Å². The second kappa shape index (κ2) is 4.21. The van der Waals surface area contributed by atoms with E-state index in [9.17, 15) is 0 Å². The fourth-order valence-electron chi connectivity index (χ4n) is 0.692. The summed E-state index contributed by atoms with van der Waals surface area (Å²) in [6.07, 6.45) is 0. The van der Waals surface area contributed by atoms with Gasteiger partial charge in [0.1, 0.15) is 0 Å². The summed E-state index contributed by atoms with van der Waals surface area (Å²) in [6, 6.07) is 0.722. The molecule has 0 radical (unpaired) electrons. The van der Waals surface area contributed by atoms with Crippen LogP contribution >= 0.6 is 0 Å². The Labute approximate surface area is 64.2 Å². The van der Waals surface area contributed by atoms with Crippen molar-refractivity contribution in [2.75, 3.05) is 20.6 Å². The predicted octanol–water partition coefficient (Wildman–Crippen LogP) is -2.20. The van der Waals surface area contributed by atoms with Gasteiger partial charge in [0.25, 0.3) is 0 Å². The minimum Gasteiger partial charge on any atom is -0.359 e. The zero-order valence-corrected chi connectivity index (χ0v) is 11.2. The minimum absolute atomic E-state index is 0.722. The van der Waals surface area contributed by atoms with E-state index in [0.717, 1.165) is 6.04 Å². The molecule has 0 saturated carbocycles. The third kappa shape index (κ3) is 4.83. The Morgan fingerprint density at radius 2 is 1.78 bits per heavy atom. The van der Waals surface area contributed by atoms with Gasteiger partial charge in [-0.15, -0.1) is 0 Å². The van der Waals surface area contributed by atoms with Crippen LogP contribution in [0, 0.1) is 0 Å². The standard InChI is InChI=1S/C5H18N2Si2/c1-5(6(2)3)4-7(8)9/h5H,4H2,1-3,8-9H3. The van der Waals surface area contributed by atoms with Gasteiger partial charge in [-0.2, -0.15) is 0 Å². The van der Waals surface area contributed by atoms with Crippen LogP contribution in [0.1, 0.15) is 6.92 Å². The topological polar surface area (TPSA) is 6.48 Å². The van der Waals surface area contributed by atoms with E-state index in [2.05, 4.69) is 30.2 Å². The van der Waals surface area contributed by atoms with E-state index in [1.54, 1.807) is 0 Å². The zero-order chi connectivity index (χ0) is 7.44. The summed E-state index contributed by atoms with van der Waals surface area (Å²) in [6.45, 7) is 3.52. The lowest BCUT2D eigenvalue weighted by Crippen LogP contribution is -2.36. The first-order valence-corrected chi connectivity index (χ1v) is 5.14. The average Bonchev–Trinajstić information content (AvgIpc) is 1.63. The van der Waals surface area contributed by atoms with Gasteiger partial charge in [0.2, 0.25) is 0 Å². The van der Waals surface area contributed by atoms with Crippen molar-refractivity contribution >= 4 is 20.8 Å². The highest BCUT2D eigenvalue weighted by atomic mass is 28.2. The van der Waals surface area contributed by atoms with Gasteiger partial charge >= 0.3 is 0 Å². The summed E-state index contributed by atoms with van der Waals surface area (Å²) in [4.78, 5) is 2.27. The molecule has 0 aliphatic carbocycles. The fourth-order valence-corrected chi connectivity index (χ4v) is 1.75.